The predicted molar refractivity (Wildman–Crippen MR) is 108 cm³/mol. The molecule has 0 saturated carbocycles. The van der Waals surface area contributed by atoms with Gasteiger partial charge < -0.3 is 14.2 Å². The first kappa shape index (κ1) is 21.3. The highest BCUT2D eigenvalue weighted by Crippen LogP contribution is 2.30. The molecule has 1 aliphatic heterocycles. The molecule has 0 N–H and O–H groups in total. The van der Waals surface area contributed by atoms with Crippen molar-refractivity contribution in [1.29, 1.82) is 0 Å². The monoisotopic (exact) mass is 419 g/mol. The molecule has 7 nitrogen and oxygen atoms in total. The Hall–Kier alpha value is -2.42. The molecule has 2 aromatic rings. The zero-order valence-corrected chi connectivity index (χ0v) is 17.8. The van der Waals surface area contributed by atoms with Gasteiger partial charge in [0.25, 0.3) is 0 Å². The van der Waals surface area contributed by atoms with Crippen LogP contribution in [-0.2, 0) is 14.8 Å². The smallest absolute Gasteiger partial charge is 0.343 e. The van der Waals surface area contributed by atoms with Crippen LogP contribution in [0.1, 0.15) is 27.0 Å². The summed E-state index contributed by atoms with van der Waals surface area (Å²) >= 11 is 0. The summed E-state index contributed by atoms with van der Waals surface area (Å²) in [6.07, 6.45) is 0. The molecule has 1 heterocycles. The van der Waals surface area contributed by atoms with Crippen LogP contribution < -0.4 is 9.47 Å². The van der Waals surface area contributed by atoms with Crippen LogP contribution >= 0.6 is 0 Å². The van der Waals surface area contributed by atoms with Crippen molar-refractivity contribution in [1.82, 2.24) is 4.31 Å². The first-order chi connectivity index (χ1) is 13.8. The Morgan fingerprint density at radius 1 is 1.03 bits per heavy atom. The maximum absolute atomic E-state index is 13.1. The molecule has 156 valence electrons. The summed E-state index contributed by atoms with van der Waals surface area (Å²) in [4.78, 5) is 12.7. The Labute approximate surface area is 171 Å². The van der Waals surface area contributed by atoms with Crippen molar-refractivity contribution in [3.63, 3.8) is 0 Å². The molecule has 0 aliphatic carbocycles. The number of rotatable bonds is 5. The number of ether oxygens (including phenoxy) is 3. The molecular weight excluding hydrogens is 394 g/mol. The molecule has 0 unspecified atom stereocenters. The third-order valence-corrected chi connectivity index (χ3v) is 6.98. The van der Waals surface area contributed by atoms with E-state index in [9.17, 15) is 13.2 Å². The van der Waals surface area contributed by atoms with E-state index in [1.807, 2.05) is 32.9 Å². The Morgan fingerprint density at radius 2 is 1.69 bits per heavy atom. The minimum absolute atomic E-state index is 0.0611. The third kappa shape index (κ3) is 4.29. The lowest BCUT2D eigenvalue weighted by atomic mass is 10.1. The number of esters is 1. The second kappa shape index (κ2) is 8.52. The fraction of sp³-hybridized carbons (Fsp3) is 0.381. The van der Waals surface area contributed by atoms with Gasteiger partial charge in [-0.15, -0.1) is 0 Å². The van der Waals surface area contributed by atoms with Crippen molar-refractivity contribution in [2.45, 2.75) is 25.7 Å². The number of carbonyl (C=O) groups is 1. The number of hydrogen-bond donors (Lipinski definition) is 0. The normalized spacial score (nSPS) is 15.2. The Morgan fingerprint density at radius 3 is 2.34 bits per heavy atom. The van der Waals surface area contributed by atoms with Crippen LogP contribution in [0.2, 0.25) is 0 Å². The first-order valence-corrected chi connectivity index (χ1v) is 10.7. The van der Waals surface area contributed by atoms with Gasteiger partial charge in [-0.1, -0.05) is 12.1 Å². The van der Waals surface area contributed by atoms with Gasteiger partial charge >= 0.3 is 5.97 Å². The van der Waals surface area contributed by atoms with Crippen molar-refractivity contribution >= 4 is 16.0 Å². The zero-order valence-electron chi connectivity index (χ0n) is 17.0. The van der Waals surface area contributed by atoms with Crippen LogP contribution in [0.15, 0.2) is 35.2 Å². The van der Waals surface area contributed by atoms with Crippen molar-refractivity contribution in [2.24, 2.45) is 0 Å². The zero-order chi connectivity index (χ0) is 21.2. The van der Waals surface area contributed by atoms with Gasteiger partial charge in [0, 0.05) is 13.1 Å². The number of methoxy groups -OCH3 is 1. The Bertz CT molecular complexity index is 1030. The van der Waals surface area contributed by atoms with Crippen LogP contribution in [0.5, 0.6) is 11.5 Å². The molecule has 0 spiro atoms. The van der Waals surface area contributed by atoms with E-state index in [2.05, 4.69) is 0 Å². The van der Waals surface area contributed by atoms with Crippen molar-refractivity contribution in [3.8, 4) is 11.5 Å². The molecule has 1 saturated heterocycles. The average Bonchev–Trinajstić information content (AvgIpc) is 2.74. The number of benzene rings is 2. The van der Waals surface area contributed by atoms with Crippen molar-refractivity contribution < 1.29 is 27.4 Å². The van der Waals surface area contributed by atoms with Gasteiger partial charge in [-0.05, 0) is 55.7 Å². The highest BCUT2D eigenvalue weighted by Gasteiger charge is 2.30. The second-order valence-electron chi connectivity index (χ2n) is 6.93. The maximum atomic E-state index is 13.1. The molecular formula is C21H25NO6S. The summed E-state index contributed by atoms with van der Waals surface area (Å²) in [5.74, 6) is 0.0437. The Kier molecular flexibility index (Phi) is 6.26. The van der Waals surface area contributed by atoms with Crippen LogP contribution in [0, 0.1) is 20.8 Å². The van der Waals surface area contributed by atoms with Gasteiger partial charge in [0.05, 0.1) is 25.9 Å². The maximum Gasteiger partial charge on any atom is 0.343 e. The minimum Gasteiger partial charge on any atom is -0.495 e. The molecule has 0 radical (unpaired) electrons. The van der Waals surface area contributed by atoms with E-state index >= 15 is 0 Å². The van der Waals surface area contributed by atoms with E-state index in [1.165, 1.54) is 29.6 Å². The van der Waals surface area contributed by atoms with Gasteiger partial charge in [-0.25, -0.2) is 13.2 Å². The number of morpholine rings is 1. The molecule has 2 aromatic carbocycles. The Balaban J connectivity index is 1.96. The van der Waals surface area contributed by atoms with Crippen LogP contribution in [0.3, 0.4) is 0 Å². The number of carbonyl (C=O) groups excluding carboxylic acids is 1. The van der Waals surface area contributed by atoms with Gasteiger partial charge in [-0.2, -0.15) is 4.31 Å². The summed E-state index contributed by atoms with van der Waals surface area (Å²) in [6.45, 7) is 6.84. The standard InChI is InChI=1S/C21H25NO6S/c1-14-5-6-15(2)20(16(14)3)28-21(23)17-7-8-18(26-4)19(13-17)29(24,25)22-9-11-27-12-10-22/h5-8,13H,9-12H2,1-4H3. The van der Waals surface area contributed by atoms with E-state index in [4.69, 9.17) is 14.2 Å². The van der Waals surface area contributed by atoms with E-state index in [1.54, 1.807) is 0 Å². The van der Waals surface area contributed by atoms with Gasteiger partial charge in [0.15, 0.2) is 0 Å². The predicted octanol–water partition coefficient (Wildman–Crippen LogP) is 2.86. The van der Waals surface area contributed by atoms with Crippen LogP contribution in [0.4, 0.5) is 0 Å². The second-order valence-corrected chi connectivity index (χ2v) is 8.83. The van der Waals surface area contributed by atoms with E-state index in [-0.39, 0.29) is 29.3 Å². The number of aryl methyl sites for hydroxylation is 2. The molecule has 0 amide bonds. The van der Waals surface area contributed by atoms with E-state index in [0.717, 1.165) is 16.7 Å². The number of hydrogen-bond acceptors (Lipinski definition) is 6. The van der Waals surface area contributed by atoms with Gasteiger partial charge in [0.1, 0.15) is 16.4 Å². The summed E-state index contributed by atoms with van der Waals surface area (Å²) in [5, 5.41) is 0. The molecule has 0 bridgehead atoms. The average molecular weight is 419 g/mol. The highest BCUT2D eigenvalue weighted by atomic mass is 32.2. The minimum atomic E-state index is -3.84. The molecule has 0 aromatic heterocycles. The summed E-state index contributed by atoms with van der Waals surface area (Å²) in [6, 6.07) is 8.13. The summed E-state index contributed by atoms with van der Waals surface area (Å²) in [5.41, 5.74) is 2.84. The fourth-order valence-electron chi connectivity index (χ4n) is 3.17. The van der Waals surface area contributed by atoms with Gasteiger partial charge in [-0.3, -0.25) is 0 Å². The molecule has 29 heavy (non-hydrogen) atoms. The molecule has 1 aliphatic rings. The van der Waals surface area contributed by atoms with Crippen molar-refractivity contribution in [2.75, 3.05) is 33.4 Å². The molecule has 1 fully saturated rings. The van der Waals surface area contributed by atoms with Gasteiger partial charge in [0.2, 0.25) is 10.0 Å². The number of nitrogens with zero attached hydrogens (tertiary/aromatic N) is 1. The first-order valence-electron chi connectivity index (χ1n) is 9.30. The van der Waals surface area contributed by atoms with Crippen molar-refractivity contribution in [3.05, 3.63) is 52.6 Å². The third-order valence-electron chi connectivity index (χ3n) is 5.06. The number of sulfonamides is 1. The lowest BCUT2D eigenvalue weighted by molar-refractivity contribution is 0.0725. The van der Waals surface area contributed by atoms with E-state index < -0.39 is 16.0 Å². The largest absolute Gasteiger partial charge is 0.495 e. The lowest BCUT2D eigenvalue weighted by Crippen LogP contribution is -2.40. The SMILES string of the molecule is COc1ccc(C(=O)Oc2c(C)ccc(C)c2C)cc1S(=O)(=O)N1CCOCC1. The lowest BCUT2D eigenvalue weighted by Gasteiger charge is -2.26. The van der Waals surface area contributed by atoms with Crippen LogP contribution in [-0.4, -0.2) is 52.1 Å². The molecule has 3 rings (SSSR count). The quantitative estimate of drug-likeness (QED) is 0.548. The van der Waals surface area contributed by atoms with Crippen LogP contribution in [0.25, 0.3) is 0 Å². The summed E-state index contributed by atoms with van der Waals surface area (Å²) in [7, 11) is -2.44. The summed E-state index contributed by atoms with van der Waals surface area (Å²) < 4.78 is 43.6. The fourth-order valence-corrected chi connectivity index (χ4v) is 4.75. The van der Waals surface area contributed by atoms with E-state index in [0.29, 0.717) is 19.0 Å². The molecule has 8 heteroatoms. The molecule has 0 atom stereocenters. The topological polar surface area (TPSA) is 82.1 Å². The highest BCUT2D eigenvalue weighted by molar-refractivity contribution is 7.89.